The summed E-state index contributed by atoms with van der Waals surface area (Å²) in [4.78, 5) is 39.3. The van der Waals surface area contributed by atoms with Crippen LogP contribution in [-0.4, -0.2) is 42.7 Å². The molecule has 2 unspecified atom stereocenters. The zero-order valence-electron chi connectivity index (χ0n) is 20.0. The lowest BCUT2D eigenvalue weighted by Gasteiger charge is -2.32. The van der Waals surface area contributed by atoms with Crippen LogP contribution in [0.4, 0.5) is 8.78 Å². The summed E-state index contributed by atoms with van der Waals surface area (Å²) in [6.07, 6.45) is -0.484. The van der Waals surface area contributed by atoms with Crippen molar-refractivity contribution in [1.82, 2.24) is 0 Å². The molecule has 0 N–H and O–H groups in total. The highest BCUT2D eigenvalue weighted by molar-refractivity contribution is 14.1. The van der Waals surface area contributed by atoms with Crippen molar-refractivity contribution in [3.63, 3.8) is 0 Å². The first-order valence-electron chi connectivity index (χ1n) is 11.1. The fourth-order valence-corrected chi connectivity index (χ4v) is 11.7. The van der Waals surface area contributed by atoms with E-state index in [4.69, 9.17) is 9.47 Å². The molecular weight excluding hydrogens is 1250 g/mol. The first kappa shape index (κ1) is 36.5. The number of esters is 3. The summed E-state index contributed by atoms with van der Waals surface area (Å²) in [5, 5.41) is -4.84. The van der Waals surface area contributed by atoms with E-state index in [1.807, 2.05) is 90.4 Å². The number of rotatable bonds is 8. The molecule has 0 aliphatic heterocycles. The molecule has 41 heavy (non-hydrogen) atoms. The predicted octanol–water partition coefficient (Wildman–Crippen LogP) is 6.54. The lowest BCUT2D eigenvalue weighted by molar-refractivity contribution is -0.160. The molecule has 0 bridgehead atoms. The van der Waals surface area contributed by atoms with Gasteiger partial charge in [-0.25, -0.2) is 8.42 Å². The number of ether oxygens (including phenoxy) is 3. The first-order chi connectivity index (χ1) is 18.9. The van der Waals surface area contributed by atoms with E-state index in [1.165, 1.54) is 0 Å². The van der Waals surface area contributed by atoms with Gasteiger partial charge in [-0.2, -0.15) is 8.78 Å². The van der Waals surface area contributed by atoms with Crippen LogP contribution in [0.3, 0.4) is 0 Å². The second-order valence-corrected chi connectivity index (χ2v) is 17.4. The normalized spacial score (nSPS) is 19.4. The van der Waals surface area contributed by atoms with Crippen molar-refractivity contribution < 1.29 is 50.3 Å². The molecule has 0 amide bonds. The number of carbonyl (C=O) groups excluding carboxylic acids is 3. The first-order valence-corrected chi connectivity index (χ1v) is 19.0. The molecule has 18 heteroatoms. The fraction of sp³-hybridized carbons (Fsp3) is 0.348. The predicted molar refractivity (Wildman–Crippen MR) is 190 cm³/mol. The molecule has 1 aliphatic carbocycles. The Morgan fingerprint density at radius 1 is 0.732 bits per heavy atom. The maximum absolute atomic E-state index is 13.6. The van der Waals surface area contributed by atoms with Gasteiger partial charge in [0.05, 0.1) is 32.0 Å². The van der Waals surface area contributed by atoms with Gasteiger partial charge in [0.1, 0.15) is 0 Å². The van der Waals surface area contributed by atoms with Gasteiger partial charge in [0.2, 0.25) is 0 Å². The molecule has 0 aromatic heterocycles. The van der Waals surface area contributed by atoms with Gasteiger partial charge in [-0.05, 0) is 179 Å². The third-order valence-electron chi connectivity index (χ3n) is 5.79. The van der Waals surface area contributed by atoms with Crippen molar-refractivity contribution in [1.29, 1.82) is 0 Å². The molecular formula is C23H15F2I6O9S-. The maximum atomic E-state index is 13.6. The summed E-state index contributed by atoms with van der Waals surface area (Å²) in [5.41, 5.74) is 0. The Morgan fingerprint density at radius 2 is 1.05 bits per heavy atom. The van der Waals surface area contributed by atoms with Crippen LogP contribution in [0.25, 0.3) is 0 Å². The summed E-state index contributed by atoms with van der Waals surface area (Å²) in [6, 6.07) is 7.17. The van der Waals surface area contributed by atoms with Gasteiger partial charge in [-0.3, -0.25) is 14.4 Å². The summed E-state index contributed by atoms with van der Waals surface area (Å²) in [6.45, 7) is -1.99. The molecule has 224 valence electrons. The van der Waals surface area contributed by atoms with Crippen LogP contribution in [0.15, 0.2) is 24.3 Å². The van der Waals surface area contributed by atoms with E-state index in [2.05, 4.69) is 49.9 Å². The molecule has 9 nitrogen and oxygen atoms in total. The molecule has 0 saturated heterocycles. The third kappa shape index (κ3) is 9.74. The molecule has 1 aliphatic rings. The van der Waals surface area contributed by atoms with Crippen LogP contribution >= 0.6 is 136 Å². The number of hydrogen-bond donors (Lipinski definition) is 0. The molecule has 0 heterocycles. The van der Waals surface area contributed by atoms with Crippen molar-refractivity contribution in [2.45, 2.75) is 24.5 Å². The number of halogens is 8. The van der Waals surface area contributed by atoms with Crippen molar-refractivity contribution in [3.8, 4) is 11.5 Å². The van der Waals surface area contributed by atoms with Gasteiger partial charge in [-0.1, -0.05) is 0 Å². The van der Waals surface area contributed by atoms with Crippen LogP contribution < -0.4 is 9.47 Å². The highest BCUT2D eigenvalue weighted by Gasteiger charge is 2.44. The van der Waals surface area contributed by atoms with E-state index < -0.39 is 57.6 Å². The molecule has 3 rings (SSSR count). The van der Waals surface area contributed by atoms with Crippen molar-refractivity contribution in [3.05, 3.63) is 45.7 Å². The quantitative estimate of drug-likeness (QED) is 0.125. The van der Waals surface area contributed by atoms with Crippen LogP contribution in [0.1, 0.15) is 19.3 Å². The van der Waals surface area contributed by atoms with Gasteiger partial charge in [-0.15, -0.1) is 0 Å². The van der Waals surface area contributed by atoms with Gasteiger partial charge in [0.25, 0.3) is 0 Å². The maximum Gasteiger partial charge on any atom is 0.367 e. The summed E-state index contributed by atoms with van der Waals surface area (Å²) in [5.74, 6) is -5.49. The fourth-order valence-electron chi connectivity index (χ4n) is 3.86. The average molecular weight is 1270 g/mol. The largest absolute Gasteiger partial charge is 0.743 e. The highest BCUT2D eigenvalue weighted by atomic mass is 127. The van der Waals surface area contributed by atoms with E-state index >= 15 is 0 Å². The molecule has 2 aromatic carbocycles. The minimum absolute atomic E-state index is 0.0540. The molecule has 2 aromatic rings. The molecule has 1 saturated carbocycles. The SMILES string of the molecule is O=C(OCC(F)(F)S(=O)(=O)[O-])C1CC(C(=O)Oc2c(I)cc(I)cc2I)CC(C(=O)Oc2c(I)cc(I)cc2I)C1. The van der Waals surface area contributed by atoms with Gasteiger partial charge >= 0.3 is 23.2 Å². The minimum atomic E-state index is -6.08. The lowest BCUT2D eigenvalue weighted by Crippen LogP contribution is -2.40. The number of hydrogen-bond acceptors (Lipinski definition) is 9. The minimum Gasteiger partial charge on any atom is -0.743 e. The van der Waals surface area contributed by atoms with Gasteiger partial charge in [0.15, 0.2) is 28.2 Å². The zero-order chi connectivity index (χ0) is 30.9. The third-order valence-corrected chi connectivity index (χ3v) is 11.1. The average Bonchev–Trinajstić information content (AvgIpc) is 2.85. The van der Waals surface area contributed by atoms with Crippen LogP contribution in [0, 0.1) is 39.2 Å². The number of carbonyl (C=O) groups is 3. The zero-order valence-corrected chi connectivity index (χ0v) is 33.7. The second-order valence-electron chi connectivity index (χ2n) is 8.74. The Balaban J connectivity index is 1.86. The summed E-state index contributed by atoms with van der Waals surface area (Å²) in [7, 11) is -6.08. The Hall–Kier alpha value is 1.000. The van der Waals surface area contributed by atoms with E-state index in [1.54, 1.807) is 24.3 Å². The number of alkyl halides is 2. The van der Waals surface area contributed by atoms with E-state index in [0.29, 0.717) is 25.8 Å². The van der Waals surface area contributed by atoms with E-state index in [9.17, 15) is 36.1 Å². The molecule has 0 spiro atoms. The van der Waals surface area contributed by atoms with Crippen molar-refractivity contribution in [2.24, 2.45) is 17.8 Å². The van der Waals surface area contributed by atoms with Crippen LogP contribution in [0.5, 0.6) is 11.5 Å². The van der Waals surface area contributed by atoms with Crippen molar-refractivity contribution in [2.75, 3.05) is 6.61 Å². The monoisotopic (exact) mass is 1270 g/mol. The van der Waals surface area contributed by atoms with E-state index in [0.717, 1.165) is 7.14 Å². The van der Waals surface area contributed by atoms with Crippen LogP contribution in [0.2, 0.25) is 0 Å². The number of benzene rings is 2. The highest BCUT2D eigenvalue weighted by Crippen LogP contribution is 2.39. The Morgan fingerprint density at radius 3 is 1.37 bits per heavy atom. The second kappa shape index (κ2) is 15.1. The summed E-state index contributed by atoms with van der Waals surface area (Å²) >= 11 is 12.3. The Labute approximate surface area is 315 Å². The molecule has 2 atom stereocenters. The smallest absolute Gasteiger partial charge is 0.367 e. The topological polar surface area (TPSA) is 136 Å². The Kier molecular flexibility index (Phi) is 13.4. The van der Waals surface area contributed by atoms with Gasteiger partial charge in [0, 0.05) is 7.14 Å². The lowest BCUT2D eigenvalue weighted by atomic mass is 9.75. The molecule has 1 fully saturated rings. The molecule has 0 radical (unpaired) electrons. The summed E-state index contributed by atoms with van der Waals surface area (Å²) < 4.78 is 79.9. The van der Waals surface area contributed by atoms with Crippen LogP contribution in [-0.2, 0) is 29.2 Å². The standard InChI is InChI=1S/C23H16F2I6O9S/c24-23(25,41(35,36)37)8-38-20(32)9-1-10(21(33)39-18-14(28)4-12(26)5-15(18)29)3-11(2-9)22(34)40-19-16(30)6-13(27)7-17(19)31/h4-7,9-11H,1-3,8H2,(H,35,36,37)/p-1. The van der Waals surface area contributed by atoms with Crippen molar-refractivity contribution >= 4 is 164 Å². The Bertz CT molecular complexity index is 1360. The van der Waals surface area contributed by atoms with E-state index in [-0.39, 0.29) is 19.3 Å². The van der Waals surface area contributed by atoms with Gasteiger partial charge < -0.3 is 18.8 Å².